The Hall–Kier alpha value is -0.650. The van der Waals surface area contributed by atoms with Crippen molar-refractivity contribution < 1.29 is 19.4 Å². The summed E-state index contributed by atoms with van der Waals surface area (Å²) in [5.41, 5.74) is -0.725. The normalized spacial score (nSPS) is 18.9. The Kier molecular flexibility index (Phi) is 6.60. The molecule has 0 radical (unpaired) electrons. The van der Waals surface area contributed by atoms with Gasteiger partial charge >= 0.3 is 5.97 Å². The van der Waals surface area contributed by atoms with E-state index in [2.05, 4.69) is 6.92 Å². The van der Waals surface area contributed by atoms with Gasteiger partial charge in [-0.1, -0.05) is 13.3 Å². The molecule has 0 spiro atoms. The van der Waals surface area contributed by atoms with Crippen LogP contribution in [0.15, 0.2) is 0 Å². The molecule has 1 aliphatic heterocycles. The zero-order valence-corrected chi connectivity index (χ0v) is 11.5. The lowest BCUT2D eigenvalue weighted by molar-refractivity contribution is -0.146. The molecule has 0 amide bonds. The van der Waals surface area contributed by atoms with E-state index in [4.69, 9.17) is 9.47 Å². The molecular weight excluding hydrogens is 234 g/mol. The number of hydrogen-bond donors (Lipinski definition) is 1. The Morgan fingerprint density at radius 3 is 2.72 bits per heavy atom. The second kappa shape index (κ2) is 7.71. The van der Waals surface area contributed by atoms with Gasteiger partial charge in [0.1, 0.15) is 0 Å². The minimum atomic E-state index is -0.725. The molecule has 0 aliphatic carbocycles. The lowest BCUT2D eigenvalue weighted by Crippen LogP contribution is -2.46. The summed E-state index contributed by atoms with van der Waals surface area (Å²) in [5.74, 6) is -0.221. The molecule has 1 heterocycles. The molecule has 0 aromatic carbocycles. The molecule has 0 unspecified atom stereocenters. The molecule has 0 aromatic heterocycles. The molecule has 18 heavy (non-hydrogen) atoms. The number of rotatable bonds is 7. The van der Waals surface area contributed by atoms with E-state index in [0.717, 1.165) is 12.8 Å². The van der Waals surface area contributed by atoms with Crippen LogP contribution in [0, 0.1) is 0 Å². The molecule has 1 aliphatic rings. The van der Waals surface area contributed by atoms with Crippen LogP contribution in [0.2, 0.25) is 0 Å². The van der Waals surface area contributed by atoms with E-state index in [-0.39, 0.29) is 12.5 Å². The van der Waals surface area contributed by atoms with Gasteiger partial charge in [-0.2, -0.15) is 0 Å². The first kappa shape index (κ1) is 15.4. The van der Waals surface area contributed by atoms with E-state index in [1.807, 2.05) is 11.9 Å². The first-order chi connectivity index (χ1) is 8.56. The third-order valence-corrected chi connectivity index (χ3v) is 3.15. The number of ether oxygens (including phenoxy) is 2. The summed E-state index contributed by atoms with van der Waals surface area (Å²) in [6.45, 7) is 4.44. The number of carbonyl (C=O) groups excluding carboxylic acids is 1. The van der Waals surface area contributed by atoms with Gasteiger partial charge in [0.25, 0.3) is 0 Å². The van der Waals surface area contributed by atoms with Crippen LogP contribution in [0.25, 0.3) is 0 Å². The highest BCUT2D eigenvalue weighted by Crippen LogP contribution is 2.21. The van der Waals surface area contributed by atoms with Gasteiger partial charge in [0.15, 0.2) is 0 Å². The summed E-state index contributed by atoms with van der Waals surface area (Å²) < 4.78 is 10.3. The monoisotopic (exact) mass is 259 g/mol. The fourth-order valence-electron chi connectivity index (χ4n) is 2.06. The largest absolute Gasteiger partial charge is 0.465 e. The molecule has 0 saturated carbocycles. The first-order valence-electron chi connectivity index (χ1n) is 6.70. The van der Waals surface area contributed by atoms with E-state index in [0.29, 0.717) is 39.2 Å². The zero-order chi connectivity index (χ0) is 13.4. The summed E-state index contributed by atoms with van der Waals surface area (Å²) in [6, 6.07) is 0. The van der Waals surface area contributed by atoms with Crippen LogP contribution in [0.5, 0.6) is 0 Å². The fraction of sp³-hybridized carbons (Fsp3) is 0.923. The molecular formula is C13H25NO4. The second-order valence-corrected chi connectivity index (χ2v) is 5.08. The number of esters is 1. The third-order valence-electron chi connectivity index (χ3n) is 3.15. The van der Waals surface area contributed by atoms with E-state index >= 15 is 0 Å². The lowest BCUT2D eigenvalue weighted by atomic mass is 9.94. The predicted octanol–water partition coefficient (Wildman–Crippen LogP) is 0.803. The van der Waals surface area contributed by atoms with Crippen molar-refractivity contribution in [2.24, 2.45) is 0 Å². The van der Waals surface area contributed by atoms with Crippen molar-refractivity contribution in [3.63, 3.8) is 0 Å². The first-order valence-corrected chi connectivity index (χ1v) is 6.70. The van der Waals surface area contributed by atoms with E-state index in [9.17, 15) is 9.90 Å². The molecule has 1 fully saturated rings. The van der Waals surface area contributed by atoms with Crippen molar-refractivity contribution in [3.05, 3.63) is 0 Å². The fourth-order valence-corrected chi connectivity index (χ4v) is 2.06. The van der Waals surface area contributed by atoms with Gasteiger partial charge in [-0.3, -0.25) is 9.69 Å². The number of aliphatic hydroxyl groups is 1. The van der Waals surface area contributed by atoms with Crippen LogP contribution < -0.4 is 0 Å². The Labute approximate surface area is 109 Å². The number of nitrogens with zero attached hydrogens (tertiary/aromatic N) is 1. The summed E-state index contributed by atoms with van der Waals surface area (Å²) >= 11 is 0. The maximum Gasteiger partial charge on any atom is 0.320 e. The van der Waals surface area contributed by atoms with E-state index in [1.54, 1.807) is 0 Å². The van der Waals surface area contributed by atoms with Crippen molar-refractivity contribution in [1.82, 2.24) is 4.90 Å². The van der Waals surface area contributed by atoms with Crippen LogP contribution in [-0.4, -0.2) is 61.5 Å². The minimum absolute atomic E-state index is 0.221. The Morgan fingerprint density at radius 1 is 1.44 bits per heavy atom. The summed E-state index contributed by atoms with van der Waals surface area (Å²) in [6.07, 6.45) is 3.17. The van der Waals surface area contributed by atoms with Crippen molar-refractivity contribution >= 4 is 5.97 Å². The Bertz CT molecular complexity index is 251. The summed E-state index contributed by atoms with van der Waals surface area (Å²) in [5, 5.41) is 10.3. The topological polar surface area (TPSA) is 59.0 Å². The van der Waals surface area contributed by atoms with Crippen molar-refractivity contribution in [2.45, 2.75) is 38.2 Å². The van der Waals surface area contributed by atoms with Crippen molar-refractivity contribution in [3.8, 4) is 0 Å². The summed E-state index contributed by atoms with van der Waals surface area (Å²) in [7, 11) is 1.83. The van der Waals surface area contributed by atoms with Crippen LogP contribution >= 0.6 is 0 Å². The molecule has 106 valence electrons. The van der Waals surface area contributed by atoms with Crippen LogP contribution in [0.1, 0.15) is 32.6 Å². The van der Waals surface area contributed by atoms with Gasteiger partial charge < -0.3 is 14.6 Å². The van der Waals surface area contributed by atoms with Crippen molar-refractivity contribution in [2.75, 3.05) is 40.0 Å². The molecule has 5 nitrogen and oxygen atoms in total. The maximum atomic E-state index is 11.5. The average molecular weight is 259 g/mol. The quantitative estimate of drug-likeness (QED) is 0.541. The van der Waals surface area contributed by atoms with Gasteiger partial charge in [-0.25, -0.2) is 0 Å². The highest BCUT2D eigenvalue weighted by molar-refractivity contribution is 5.71. The van der Waals surface area contributed by atoms with Gasteiger partial charge in [0, 0.05) is 32.6 Å². The van der Waals surface area contributed by atoms with Crippen LogP contribution in [-0.2, 0) is 14.3 Å². The van der Waals surface area contributed by atoms with Crippen LogP contribution in [0.4, 0.5) is 0 Å². The molecule has 1 saturated heterocycles. The van der Waals surface area contributed by atoms with Crippen LogP contribution in [0.3, 0.4) is 0 Å². The van der Waals surface area contributed by atoms with E-state index < -0.39 is 5.60 Å². The standard InChI is InChI=1S/C13H25NO4/c1-3-4-7-18-12(15)10-14(2)11-13(16)5-8-17-9-6-13/h16H,3-11H2,1-2H3. The zero-order valence-electron chi connectivity index (χ0n) is 11.5. The Balaban J connectivity index is 2.23. The van der Waals surface area contributed by atoms with Gasteiger partial charge in [0.05, 0.1) is 18.8 Å². The molecule has 0 bridgehead atoms. The summed E-state index contributed by atoms with van der Waals surface area (Å²) in [4.78, 5) is 13.3. The van der Waals surface area contributed by atoms with Gasteiger partial charge in [-0.05, 0) is 13.5 Å². The van der Waals surface area contributed by atoms with E-state index in [1.165, 1.54) is 0 Å². The molecule has 0 aromatic rings. The highest BCUT2D eigenvalue weighted by Gasteiger charge is 2.31. The number of carbonyl (C=O) groups is 1. The second-order valence-electron chi connectivity index (χ2n) is 5.08. The number of unbranched alkanes of at least 4 members (excludes halogenated alkanes) is 1. The molecule has 5 heteroatoms. The van der Waals surface area contributed by atoms with Gasteiger partial charge in [0.2, 0.25) is 0 Å². The Morgan fingerprint density at radius 2 is 2.11 bits per heavy atom. The average Bonchev–Trinajstić information content (AvgIpc) is 2.29. The maximum absolute atomic E-state index is 11.5. The third kappa shape index (κ3) is 5.80. The molecule has 1 rings (SSSR count). The predicted molar refractivity (Wildman–Crippen MR) is 68.4 cm³/mol. The minimum Gasteiger partial charge on any atom is -0.465 e. The molecule has 1 N–H and O–H groups in total. The van der Waals surface area contributed by atoms with Gasteiger partial charge in [-0.15, -0.1) is 0 Å². The highest BCUT2D eigenvalue weighted by atomic mass is 16.5. The van der Waals surface area contributed by atoms with Crippen molar-refractivity contribution in [1.29, 1.82) is 0 Å². The number of hydrogen-bond acceptors (Lipinski definition) is 5. The SMILES string of the molecule is CCCCOC(=O)CN(C)CC1(O)CCOCC1. The molecule has 0 atom stereocenters. The lowest BCUT2D eigenvalue weighted by Gasteiger charge is -2.35. The number of likely N-dealkylation sites (N-methyl/N-ethyl adjacent to an activating group) is 1. The smallest absolute Gasteiger partial charge is 0.320 e.